The second-order valence-electron chi connectivity index (χ2n) is 7.01. The zero-order chi connectivity index (χ0) is 20.2. The lowest BCUT2D eigenvalue weighted by atomic mass is 9.99. The summed E-state index contributed by atoms with van der Waals surface area (Å²) in [5.41, 5.74) is 1.23. The van der Waals surface area contributed by atoms with Gasteiger partial charge in [-0.2, -0.15) is 11.8 Å². The molecule has 6 heteroatoms. The molecule has 1 heterocycles. The average Bonchev–Trinajstić information content (AvgIpc) is 2.69. The first-order valence-corrected chi connectivity index (χ1v) is 11.1. The summed E-state index contributed by atoms with van der Waals surface area (Å²) < 4.78 is 5.61. The molecule has 1 unspecified atom stereocenters. The van der Waals surface area contributed by atoms with Crippen LogP contribution in [0.2, 0.25) is 0 Å². The number of carbonyl (C=O) groups is 2. The summed E-state index contributed by atoms with van der Waals surface area (Å²) in [4.78, 5) is 24.9. The Balaban J connectivity index is 1.84. The highest BCUT2D eigenvalue weighted by Gasteiger charge is 2.25. The van der Waals surface area contributed by atoms with Gasteiger partial charge in [-0.1, -0.05) is 42.5 Å². The number of likely N-dealkylation sites (tertiary alicyclic amines) is 1. The van der Waals surface area contributed by atoms with Crippen LogP contribution in [-0.2, 0) is 20.7 Å². The maximum Gasteiger partial charge on any atom is 0.303 e. The van der Waals surface area contributed by atoms with E-state index in [1.807, 2.05) is 23.1 Å². The van der Waals surface area contributed by atoms with Crippen molar-refractivity contribution in [2.75, 3.05) is 25.2 Å². The molecule has 0 aromatic heterocycles. The van der Waals surface area contributed by atoms with Crippen LogP contribution in [0.5, 0.6) is 0 Å². The summed E-state index contributed by atoms with van der Waals surface area (Å²) in [6, 6.07) is 10.4. The molecular weight excluding hydrogens is 374 g/mol. The Labute approximate surface area is 172 Å². The van der Waals surface area contributed by atoms with Gasteiger partial charge in [-0.15, -0.1) is 0 Å². The van der Waals surface area contributed by atoms with Crippen LogP contribution in [0, 0.1) is 0 Å². The summed E-state index contributed by atoms with van der Waals surface area (Å²) in [5.74, 6) is 1.12. The van der Waals surface area contributed by atoms with Gasteiger partial charge in [0.25, 0.3) is 0 Å². The molecule has 1 aromatic rings. The van der Waals surface area contributed by atoms with Crippen LogP contribution >= 0.6 is 11.8 Å². The molecule has 0 aliphatic carbocycles. The quantitative estimate of drug-likeness (QED) is 0.423. The Kier molecular flexibility index (Phi) is 10.1. The number of nitrogens with zero attached hydrogens (tertiary/aromatic N) is 1. The number of carboxylic acids is 1. The van der Waals surface area contributed by atoms with E-state index >= 15 is 0 Å². The van der Waals surface area contributed by atoms with Crippen molar-refractivity contribution in [1.82, 2.24) is 4.90 Å². The smallest absolute Gasteiger partial charge is 0.303 e. The minimum absolute atomic E-state index is 0.00771. The SMILES string of the molecule is COC(C=C[C@H]1CCCC(=O)N1CCSCCCC(=O)O)Cc1ccccc1. The average molecular weight is 406 g/mol. The minimum atomic E-state index is -0.750. The molecule has 0 spiro atoms. The van der Waals surface area contributed by atoms with Gasteiger partial charge in [0, 0.05) is 38.7 Å². The van der Waals surface area contributed by atoms with E-state index in [1.165, 1.54) is 5.56 Å². The zero-order valence-electron chi connectivity index (χ0n) is 16.6. The topological polar surface area (TPSA) is 66.8 Å². The molecule has 1 saturated heterocycles. The predicted octanol–water partition coefficient (Wildman–Crippen LogP) is 3.78. The Morgan fingerprint density at radius 2 is 2.14 bits per heavy atom. The highest BCUT2D eigenvalue weighted by atomic mass is 32.2. The van der Waals surface area contributed by atoms with Crippen molar-refractivity contribution in [2.24, 2.45) is 0 Å². The minimum Gasteiger partial charge on any atom is -0.481 e. The van der Waals surface area contributed by atoms with Crippen LogP contribution in [0.25, 0.3) is 0 Å². The van der Waals surface area contributed by atoms with E-state index in [2.05, 4.69) is 24.3 Å². The van der Waals surface area contributed by atoms with Gasteiger partial charge in [0.1, 0.15) is 0 Å². The van der Waals surface area contributed by atoms with Crippen LogP contribution in [0.4, 0.5) is 0 Å². The molecule has 28 heavy (non-hydrogen) atoms. The molecule has 2 atom stereocenters. The van der Waals surface area contributed by atoms with Gasteiger partial charge < -0.3 is 14.7 Å². The molecule has 0 bridgehead atoms. The number of piperidine rings is 1. The first kappa shape index (κ1) is 22.5. The molecule has 1 N–H and O–H groups in total. The molecule has 5 nitrogen and oxygen atoms in total. The van der Waals surface area contributed by atoms with Crippen LogP contribution in [0.1, 0.15) is 37.7 Å². The van der Waals surface area contributed by atoms with E-state index in [0.29, 0.717) is 19.4 Å². The first-order valence-electron chi connectivity index (χ1n) is 9.94. The van der Waals surface area contributed by atoms with E-state index in [0.717, 1.165) is 30.8 Å². The maximum atomic E-state index is 12.4. The second-order valence-corrected chi connectivity index (χ2v) is 8.23. The summed E-state index contributed by atoms with van der Waals surface area (Å²) in [6.45, 7) is 0.710. The van der Waals surface area contributed by atoms with Crippen LogP contribution in [0.3, 0.4) is 0 Å². The fourth-order valence-corrected chi connectivity index (χ4v) is 4.23. The Morgan fingerprint density at radius 3 is 2.86 bits per heavy atom. The number of amides is 1. The largest absolute Gasteiger partial charge is 0.481 e. The summed E-state index contributed by atoms with van der Waals surface area (Å²) >= 11 is 1.72. The second kappa shape index (κ2) is 12.6. The van der Waals surface area contributed by atoms with Crippen LogP contribution in [-0.4, -0.2) is 59.2 Å². The van der Waals surface area contributed by atoms with Gasteiger partial charge in [0.05, 0.1) is 12.1 Å². The number of methoxy groups -OCH3 is 1. The number of hydrogen-bond acceptors (Lipinski definition) is 4. The van der Waals surface area contributed by atoms with E-state index in [-0.39, 0.29) is 24.5 Å². The Morgan fingerprint density at radius 1 is 1.36 bits per heavy atom. The summed E-state index contributed by atoms with van der Waals surface area (Å²) in [7, 11) is 1.72. The molecular formula is C22H31NO4S. The highest BCUT2D eigenvalue weighted by molar-refractivity contribution is 7.99. The van der Waals surface area contributed by atoms with Crippen molar-refractivity contribution in [2.45, 2.75) is 50.7 Å². The molecule has 1 aliphatic rings. The maximum absolute atomic E-state index is 12.4. The van der Waals surface area contributed by atoms with Crippen molar-refractivity contribution in [1.29, 1.82) is 0 Å². The molecule has 1 fully saturated rings. The molecule has 154 valence electrons. The monoisotopic (exact) mass is 405 g/mol. The number of ether oxygens (including phenoxy) is 1. The number of thioether (sulfide) groups is 1. The van der Waals surface area contributed by atoms with Crippen LogP contribution < -0.4 is 0 Å². The molecule has 2 rings (SSSR count). The summed E-state index contributed by atoms with van der Waals surface area (Å²) in [5, 5.41) is 8.68. The number of benzene rings is 1. The highest BCUT2D eigenvalue weighted by Crippen LogP contribution is 2.21. The Hall–Kier alpha value is -1.79. The van der Waals surface area contributed by atoms with Crippen molar-refractivity contribution < 1.29 is 19.4 Å². The number of carboxylic acid groups (broad SMARTS) is 1. The van der Waals surface area contributed by atoms with Gasteiger partial charge in [-0.25, -0.2) is 0 Å². The van der Waals surface area contributed by atoms with Crippen LogP contribution in [0.15, 0.2) is 42.5 Å². The molecule has 1 amide bonds. The van der Waals surface area contributed by atoms with Crippen molar-refractivity contribution in [3.05, 3.63) is 48.0 Å². The summed E-state index contributed by atoms with van der Waals surface area (Å²) in [6.07, 6.45) is 8.42. The van der Waals surface area contributed by atoms with E-state index in [4.69, 9.17) is 9.84 Å². The fraction of sp³-hybridized carbons (Fsp3) is 0.545. The van der Waals surface area contributed by atoms with Gasteiger partial charge in [-0.05, 0) is 30.6 Å². The lowest BCUT2D eigenvalue weighted by Gasteiger charge is -2.34. The lowest BCUT2D eigenvalue weighted by molar-refractivity contribution is -0.137. The van der Waals surface area contributed by atoms with E-state index in [1.54, 1.807) is 18.9 Å². The normalized spacial score (nSPS) is 18.5. The van der Waals surface area contributed by atoms with E-state index in [9.17, 15) is 9.59 Å². The van der Waals surface area contributed by atoms with E-state index < -0.39 is 5.97 Å². The molecule has 1 aromatic carbocycles. The van der Waals surface area contributed by atoms with Gasteiger partial charge in [0.15, 0.2) is 0 Å². The number of aliphatic carboxylic acids is 1. The first-order chi connectivity index (χ1) is 13.6. The molecule has 0 radical (unpaired) electrons. The lowest BCUT2D eigenvalue weighted by Crippen LogP contribution is -2.44. The third kappa shape index (κ3) is 8.07. The van der Waals surface area contributed by atoms with Crippen molar-refractivity contribution in [3.8, 4) is 0 Å². The van der Waals surface area contributed by atoms with Gasteiger partial charge in [0.2, 0.25) is 5.91 Å². The number of hydrogen-bond donors (Lipinski definition) is 1. The third-order valence-corrected chi connectivity index (χ3v) is 5.95. The van der Waals surface area contributed by atoms with Gasteiger partial charge >= 0.3 is 5.97 Å². The number of carbonyl (C=O) groups excluding carboxylic acids is 1. The van der Waals surface area contributed by atoms with Gasteiger partial charge in [-0.3, -0.25) is 9.59 Å². The molecule has 0 saturated carbocycles. The predicted molar refractivity (Wildman–Crippen MR) is 114 cm³/mol. The number of rotatable bonds is 12. The Bertz CT molecular complexity index is 635. The van der Waals surface area contributed by atoms with Crippen molar-refractivity contribution >= 4 is 23.6 Å². The zero-order valence-corrected chi connectivity index (χ0v) is 17.4. The third-order valence-electron chi connectivity index (χ3n) is 4.90. The fourth-order valence-electron chi connectivity index (χ4n) is 3.36. The van der Waals surface area contributed by atoms with Crippen molar-refractivity contribution in [3.63, 3.8) is 0 Å². The standard InChI is InChI=1S/C22H31NO4S/c1-27-20(17-18-7-3-2-4-8-18)13-12-19-9-5-10-21(24)23(19)14-16-28-15-6-11-22(25)26/h2-4,7-8,12-13,19-20H,5-6,9-11,14-17H2,1H3,(H,25,26)/t19-,20?/m1/s1. The molecule has 1 aliphatic heterocycles.